The molecule has 1 fully saturated rings. The monoisotopic (exact) mass is 550 g/mol. The van der Waals surface area contributed by atoms with E-state index in [1.54, 1.807) is 18.2 Å². The van der Waals surface area contributed by atoms with E-state index in [-0.39, 0.29) is 23.5 Å². The summed E-state index contributed by atoms with van der Waals surface area (Å²) in [5.74, 6) is 0.508. The summed E-state index contributed by atoms with van der Waals surface area (Å²) in [5, 5.41) is 4.09. The summed E-state index contributed by atoms with van der Waals surface area (Å²) in [6.45, 7) is 1.27. The summed E-state index contributed by atoms with van der Waals surface area (Å²) >= 11 is 12.8. The molecule has 1 heterocycles. The smallest absolute Gasteiger partial charge is 0.390 e. The van der Waals surface area contributed by atoms with Crippen LogP contribution in [0.1, 0.15) is 36.5 Å². The fourth-order valence-corrected chi connectivity index (χ4v) is 6.10. The van der Waals surface area contributed by atoms with Crippen LogP contribution < -0.4 is 10.1 Å². The van der Waals surface area contributed by atoms with Crippen LogP contribution in [0, 0.1) is 0 Å². The van der Waals surface area contributed by atoms with E-state index in [0.29, 0.717) is 28.8 Å². The number of nitrogens with zero attached hydrogens (tertiary/aromatic N) is 1. The topological polar surface area (TPSA) is 58.6 Å². The van der Waals surface area contributed by atoms with Gasteiger partial charge in [0.1, 0.15) is 11.9 Å². The van der Waals surface area contributed by atoms with Crippen molar-refractivity contribution in [2.45, 2.75) is 54.9 Å². The van der Waals surface area contributed by atoms with E-state index < -0.39 is 28.5 Å². The molecule has 2 aliphatic rings. The molecule has 2 aromatic rings. The van der Waals surface area contributed by atoms with Gasteiger partial charge in [-0.05, 0) is 67.8 Å². The van der Waals surface area contributed by atoms with Gasteiger partial charge in [-0.2, -0.15) is 13.2 Å². The Morgan fingerprint density at radius 3 is 2.54 bits per heavy atom. The van der Waals surface area contributed by atoms with Gasteiger partial charge >= 0.3 is 6.18 Å². The molecule has 0 saturated carbocycles. The van der Waals surface area contributed by atoms with Crippen molar-refractivity contribution in [2.75, 3.05) is 25.9 Å². The highest BCUT2D eigenvalue weighted by atomic mass is 35.5. The highest BCUT2D eigenvalue weighted by Crippen LogP contribution is 2.43. The van der Waals surface area contributed by atoms with Crippen LogP contribution in [0.4, 0.5) is 13.2 Å². The van der Waals surface area contributed by atoms with Crippen LogP contribution in [0.15, 0.2) is 41.3 Å². The molecule has 1 aliphatic heterocycles. The van der Waals surface area contributed by atoms with Crippen LogP contribution in [-0.4, -0.2) is 57.5 Å². The number of rotatable bonds is 7. The highest BCUT2D eigenvalue weighted by molar-refractivity contribution is 7.90. The number of likely N-dealkylation sites (tertiary alicyclic amines) is 1. The zero-order chi connectivity index (χ0) is 25.4. The van der Waals surface area contributed by atoms with Gasteiger partial charge in [-0.25, -0.2) is 8.42 Å². The van der Waals surface area contributed by atoms with Crippen molar-refractivity contribution in [1.29, 1.82) is 0 Å². The average Bonchev–Trinajstić information content (AvgIpc) is 3.11. The Morgan fingerprint density at radius 1 is 1.17 bits per heavy atom. The molecule has 0 aromatic heterocycles. The first-order valence-electron chi connectivity index (χ1n) is 11.4. The van der Waals surface area contributed by atoms with Gasteiger partial charge < -0.3 is 10.1 Å². The van der Waals surface area contributed by atoms with Gasteiger partial charge in [0.15, 0.2) is 9.84 Å². The lowest BCUT2D eigenvalue weighted by Crippen LogP contribution is -2.51. The van der Waals surface area contributed by atoms with Gasteiger partial charge in [0.05, 0.1) is 17.4 Å². The van der Waals surface area contributed by atoms with Crippen LogP contribution in [0.5, 0.6) is 5.75 Å². The maximum Gasteiger partial charge on any atom is 0.390 e. The number of nitrogens with one attached hydrogen (secondary N) is 1. The van der Waals surface area contributed by atoms with Crippen LogP contribution in [0.2, 0.25) is 10.0 Å². The number of alkyl halides is 3. The molecule has 1 saturated heterocycles. The molecule has 0 spiro atoms. The van der Waals surface area contributed by atoms with Crippen molar-refractivity contribution in [3.63, 3.8) is 0 Å². The van der Waals surface area contributed by atoms with E-state index >= 15 is 0 Å². The minimum absolute atomic E-state index is 0.0523. The Hall–Kier alpha value is -1.52. The minimum Gasteiger partial charge on any atom is -0.484 e. The molecule has 11 heteroatoms. The molecule has 0 bridgehead atoms. The lowest BCUT2D eigenvalue weighted by molar-refractivity contribution is -0.133. The second kappa shape index (κ2) is 10.5. The molecular formula is C24H27Cl2F3N2O3S. The average molecular weight is 551 g/mol. The number of hydrogen-bond acceptors (Lipinski definition) is 5. The van der Waals surface area contributed by atoms with Crippen LogP contribution in [-0.2, 0) is 16.3 Å². The molecule has 1 N–H and O–H groups in total. The predicted octanol–water partition coefficient (Wildman–Crippen LogP) is 5.45. The third kappa shape index (κ3) is 6.63. The molecule has 5 nitrogen and oxygen atoms in total. The molecule has 4 rings (SSSR count). The number of hydrogen-bond donors (Lipinski definition) is 1. The Bertz CT molecular complexity index is 1160. The van der Waals surface area contributed by atoms with Crippen molar-refractivity contribution >= 4 is 33.0 Å². The summed E-state index contributed by atoms with van der Waals surface area (Å²) in [6.07, 6.45) is -2.05. The normalized spacial score (nSPS) is 23.3. The third-order valence-corrected chi connectivity index (χ3v) is 8.23. The Labute approximate surface area is 213 Å². The Kier molecular flexibility index (Phi) is 7.93. The predicted molar refractivity (Wildman–Crippen MR) is 130 cm³/mol. The molecule has 3 atom stereocenters. The molecular weight excluding hydrogens is 524 g/mol. The maximum absolute atomic E-state index is 12.6. The number of ether oxygens (including phenoxy) is 1. The van der Waals surface area contributed by atoms with E-state index in [1.807, 2.05) is 6.07 Å². The first-order chi connectivity index (χ1) is 16.4. The van der Waals surface area contributed by atoms with Crippen LogP contribution >= 0.6 is 23.2 Å². The zero-order valence-corrected chi connectivity index (χ0v) is 21.4. The van der Waals surface area contributed by atoms with E-state index in [9.17, 15) is 21.6 Å². The molecule has 192 valence electrons. The van der Waals surface area contributed by atoms with Gasteiger partial charge in [-0.15, -0.1) is 0 Å². The van der Waals surface area contributed by atoms with Crippen LogP contribution in [0.3, 0.4) is 0 Å². The molecule has 2 aromatic carbocycles. The summed E-state index contributed by atoms with van der Waals surface area (Å²) in [6, 6.07) is 9.63. The first kappa shape index (κ1) is 26.5. The first-order valence-corrected chi connectivity index (χ1v) is 14.0. The number of sulfone groups is 1. The standard InChI is InChI=1S/C24H27Cl2F3N2O3S/c1-35(32,33)18-6-4-17(5-7-18)34-23-20-11-15(25)12-21(26)19(20)13-22(23)31-10-2-3-16(14-31)30-9-8-24(27,28)29/h4-7,11-12,16,22-23,30H,2-3,8-10,13-14H2,1H3/t16-,22+,23+/m1/s1. The SMILES string of the molecule is CS(=O)(=O)c1ccc(O[C@H]2c3cc(Cl)cc(Cl)c3C[C@@H]2N2CCC[C@@H](NCCC(F)(F)F)C2)cc1. The molecule has 0 amide bonds. The molecule has 0 radical (unpaired) electrons. The quantitative estimate of drug-likeness (QED) is 0.496. The van der Waals surface area contributed by atoms with Gasteiger partial charge in [0.25, 0.3) is 0 Å². The van der Waals surface area contributed by atoms with Crippen LogP contribution in [0.25, 0.3) is 0 Å². The molecule has 0 unspecified atom stereocenters. The minimum atomic E-state index is -4.18. The highest BCUT2D eigenvalue weighted by Gasteiger charge is 2.41. The summed E-state index contributed by atoms with van der Waals surface area (Å²) in [5.41, 5.74) is 1.80. The largest absolute Gasteiger partial charge is 0.484 e. The fraction of sp³-hybridized carbons (Fsp3) is 0.500. The number of halogens is 5. The lowest BCUT2D eigenvalue weighted by Gasteiger charge is -2.39. The number of piperidine rings is 1. The fourth-order valence-electron chi connectivity index (χ4n) is 4.88. The number of benzene rings is 2. The van der Waals surface area contributed by atoms with E-state index in [1.165, 1.54) is 12.1 Å². The Morgan fingerprint density at radius 2 is 1.89 bits per heavy atom. The van der Waals surface area contributed by atoms with Gasteiger partial charge in [-0.3, -0.25) is 4.90 Å². The Balaban J connectivity index is 1.55. The number of fused-ring (bicyclic) bond motifs is 1. The van der Waals surface area contributed by atoms with Gasteiger partial charge in [0, 0.05) is 41.0 Å². The zero-order valence-electron chi connectivity index (χ0n) is 19.1. The van der Waals surface area contributed by atoms with Gasteiger partial charge in [-0.1, -0.05) is 23.2 Å². The van der Waals surface area contributed by atoms with E-state index in [0.717, 1.165) is 36.8 Å². The maximum atomic E-state index is 12.6. The van der Waals surface area contributed by atoms with E-state index in [4.69, 9.17) is 27.9 Å². The molecule has 1 aliphatic carbocycles. The summed E-state index contributed by atoms with van der Waals surface area (Å²) in [4.78, 5) is 2.44. The summed E-state index contributed by atoms with van der Waals surface area (Å²) < 4.78 is 67.7. The third-order valence-electron chi connectivity index (χ3n) is 6.54. The van der Waals surface area contributed by atoms with Crippen molar-refractivity contribution in [1.82, 2.24) is 10.2 Å². The van der Waals surface area contributed by atoms with Crippen molar-refractivity contribution < 1.29 is 26.3 Å². The second-order valence-electron chi connectivity index (χ2n) is 9.16. The summed E-state index contributed by atoms with van der Waals surface area (Å²) in [7, 11) is -3.33. The van der Waals surface area contributed by atoms with Crippen molar-refractivity contribution in [2.24, 2.45) is 0 Å². The van der Waals surface area contributed by atoms with E-state index in [2.05, 4.69) is 10.2 Å². The van der Waals surface area contributed by atoms with Crippen molar-refractivity contribution in [3.05, 3.63) is 57.6 Å². The van der Waals surface area contributed by atoms with Crippen molar-refractivity contribution in [3.8, 4) is 5.75 Å². The van der Waals surface area contributed by atoms with Gasteiger partial charge in [0.2, 0.25) is 0 Å². The second-order valence-corrected chi connectivity index (χ2v) is 12.0. The molecule has 35 heavy (non-hydrogen) atoms. The lowest BCUT2D eigenvalue weighted by atomic mass is 10.0.